The number of para-hydroxylation sites is 2. The number of benzene rings is 2. The molecule has 0 fully saturated rings. The highest BCUT2D eigenvalue weighted by Gasteiger charge is 2.10. The molecule has 27 heavy (non-hydrogen) atoms. The van der Waals surface area contributed by atoms with Crippen LogP contribution >= 0.6 is 0 Å². The number of hydrogen-bond acceptors (Lipinski definition) is 3. The Kier molecular flexibility index (Phi) is 6.47. The van der Waals surface area contributed by atoms with E-state index in [1.807, 2.05) is 24.3 Å². The first kappa shape index (κ1) is 19.0. The zero-order valence-corrected chi connectivity index (χ0v) is 16.1. The Morgan fingerprint density at radius 3 is 2.81 bits per heavy atom. The van der Waals surface area contributed by atoms with E-state index in [-0.39, 0.29) is 0 Å². The summed E-state index contributed by atoms with van der Waals surface area (Å²) in [4.78, 5) is 15.2. The van der Waals surface area contributed by atoms with Crippen molar-refractivity contribution in [1.29, 1.82) is 0 Å². The summed E-state index contributed by atoms with van der Waals surface area (Å²) >= 11 is 0. The van der Waals surface area contributed by atoms with E-state index in [2.05, 4.69) is 41.9 Å². The van der Waals surface area contributed by atoms with Crippen molar-refractivity contribution in [2.75, 3.05) is 13.2 Å². The van der Waals surface area contributed by atoms with E-state index < -0.39 is 0 Å². The Hall–Kier alpha value is -2.82. The van der Waals surface area contributed by atoms with Gasteiger partial charge in [0.2, 0.25) is 6.41 Å². The molecule has 0 unspecified atom stereocenters. The van der Waals surface area contributed by atoms with Crippen LogP contribution in [0, 0.1) is 13.8 Å². The van der Waals surface area contributed by atoms with Crippen LogP contribution in [0.25, 0.3) is 11.0 Å². The van der Waals surface area contributed by atoms with Crippen molar-refractivity contribution in [1.82, 2.24) is 14.9 Å². The number of rotatable bonds is 10. The maximum Gasteiger partial charge on any atom is 0.207 e. The Bertz CT molecular complexity index is 902. The van der Waals surface area contributed by atoms with Crippen molar-refractivity contribution in [2.45, 2.75) is 39.7 Å². The van der Waals surface area contributed by atoms with Gasteiger partial charge in [-0.25, -0.2) is 4.98 Å². The molecule has 1 heterocycles. The molecule has 0 aliphatic carbocycles. The molecule has 0 saturated heterocycles. The number of aryl methyl sites for hydroxylation is 4. The first-order valence-corrected chi connectivity index (χ1v) is 9.50. The smallest absolute Gasteiger partial charge is 0.207 e. The molecule has 0 bridgehead atoms. The first-order chi connectivity index (χ1) is 13.2. The van der Waals surface area contributed by atoms with Crippen LogP contribution in [-0.2, 0) is 17.8 Å². The summed E-state index contributed by atoms with van der Waals surface area (Å²) in [6.45, 7) is 6.37. The Morgan fingerprint density at radius 1 is 1.15 bits per heavy atom. The van der Waals surface area contributed by atoms with Gasteiger partial charge in [-0.15, -0.1) is 0 Å². The molecule has 142 valence electrons. The number of ether oxygens (including phenoxy) is 1. The number of carbonyl (C=O) groups excluding carboxylic acids is 1. The third-order valence-corrected chi connectivity index (χ3v) is 4.65. The zero-order valence-electron chi connectivity index (χ0n) is 16.1. The highest BCUT2D eigenvalue weighted by Crippen LogP contribution is 2.20. The van der Waals surface area contributed by atoms with Gasteiger partial charge in [0.05, 0.1) is 17.6 Å². The fourth-order valence-corrected chi connectivity index (χ4v) is 3.34. The fourth-order valence-electron chi connectivity index (χ4n) is 3.34. The second kappa shape index (κ2) is 9.21. The Labute approximate surface area is 160 Å². The molecule has 3 rings (SSSR count). The summed E-state index contributed by atoms with van der Waals surface area (Å²) in [6, 6.07) is 14.5. The van der Waals surface area contributed by atoms with Crippen LogP contribution in [0.5, 0.6) is 5.75 Å². The number of nitrogens with zero attached hydrogens (tertiary/aromatic N) is 2. The maximum absolute atomic E-state index is 10.4. The van der Waals surface area contributed by atoms with Crippen LogP contribution in [0.4, 0.5) is 0 Å². The molecule has 0 saturated carbocycles. The van der Waals surface area contributed by atoms with Crippen molar-refractivity contribution in [2.24, 2.45) is 0 Å². The summed E-state index contributed by atoms with van der Waals surface area (Å²) in [7, 11) is 0. The largest absolute Gasteiger partial charge is 0.493 e. The van der Waals surface area contributed by atoms with Gasteiger partial charge in [-0.05, 0) is 50.5 Å². The normalized spacial score (nSPS) is 10.9. The van der Waals surface area contributed by atoms with Gasteiger partial charge in [-0.1, -0.05) is 29.8 Å². The quantitative estimate of drug-likeness (QED) is 0.439. The number of aromatic nitrogens is 2. The van der Waals surface area contributed by atoms with Crippen molar-refractivity contribution < 1.29 is 9.53 Å². The van der Waals surface area contributed by atoms with Crippen molar-refractivity contribution >= 4 is 17.4 Å². The van der Waals surface area contributed by atoms with Gasteiger partial charge in [0.1, 0.15) is 11.6 Å². The van der Waals surface area contributed by atoms with Crippen molar-refractivity contribution in [3.05, 3.63) is 59.4 Å². The average Bonchev–Trinajstić information content (AvgIpc) is 3.01. The lowest BCUT2D eigenvalue weighted by molar-refractivity contribution is -0.109. The molecule has 0 atom stereocenters. The number of amides is 1. The molecule has 0 radical (unpaired) electrons. The molecule has 5 nitrogen and oxygen atoms in total. The molecule has 3 aromatic rings. The molecule has 0 aliphatic rings. The van der Waals surface area contributed by atoms with Crippen LogP contribution in [0.1, 0.15) is 29.8 Å². The number of hydrogen-bond donors (Lipinski definition) is 1. The third-order valence-electron chi connectivity index (χ3n) is 4.65. The zero-order chi connectivity index (χ0) is 19.1. The summed E-state index contributed by atoms with van der Waals surface area (Å²) in [5.41, 5.74) is 4.60. The van der Waals surface area contributed by atoms with Crippen molar-refractivity contribution in [3.8, 4) is 5.75 Å². The minimum atomic E-state index is 0.669. The molecule has 1 amide bonds. The van der Waals surface area contributed by atoms with Crippen LogP contribution in [-0.4, -0.2) is 29.1 Å². The van der Waals surface area contributed by atoms with Gasteiger partial charge in [0.25, 0.3) is 0 Å². The molecular weight excluding hydrogens is 338 g/mol. The van der Waals surface area contributed by atoms with E-state index in [9.17, 15) is 4.79 Å². The lowest BCUT2D eigenvalue weighted by Crippen LogP contribution is -2.14. The molecule has 1 N–H and O–H groups in total. The lowest BCUT2D eigenvalue weighted by atomic mass is 10.1. The number of nitrogens with one attached hydrogen (secondary N) is 1. The standard InChI is InChI=1S/C22H27N3O2/c1-17-10-11-21(18(2)15-17)27-14-6-13-25-20-8-4-3-7-19(20)24-22(25)9-5-12-23-16-26/h3-4,7-8,10-11,15-16H,5-6,9,12-14H2,1-2H3,(H,23,26). The van der Waals surface area contributed by atoms with E-state index in [1.165, 1.54) is 11.1 Å². The highest BCUT2D eigenvalue weighted by molar-refractivity contribution is 5.75. The number of carbonyl (C=O) groups is 1. The third kappa shape index (κ3) is 4.88. The molecule has 0 spiro atoms. The number of fused-ring (bicyclic) bond motifs is 1. The minimum Gasteiger partial charge on any atom is -0.493 e. The van der Waals surface area contributed by atoms with E-state index >= 15 is 0 Å². The van der Waals surface area contributed by atoms with Crippen molar-refractivity contribution in [3.63, 3.8) is 0 Å². The van der Waals surface area contributed by atoms with E-state index in [1.54, 1.807) is 0 Å². The van der Waals surface area contributed by atoms with Crippen LogP contribution in [0.15, 0.2) is 42.5 Å². The van der Waals surface area contributed by atoms with Gasteiger partial charge in [0, 0.05) is 19.5 Å². The first-order valence-electron chi connectivity index (χ1n) is 9.50. The topological polar surface area (TPSA) is 56.1 Å². The van der Waals surface area contributed by atoms with Gasteiger partial charge in [0.15, 0.2) is 0 Å². The predicted molar refractivity (Wildman–Crippen MR) is 108 cm³/mol. The molecule has 1 aromatic heterocycles. The summed E-state index contributed by atoms with van der Waals surface area (Å²) in [5.74, 6) is 2.02. The van der Waals surface area contributed by atoms with Gasteiger partial charge < -0.3 is 14.6 Å². The lowest BCUT2D eigenvalue weighted by Gasteiger charge is -2.12. The van der Waals surface area contributed by atoms with E-state index in [4.69, 9.17) is 9.72 Å². The van der Waals surface area contributed by atoms with Crippen LogP contribution in [0.2, 0.25) is 0 Å². The van der Waals surface area contributed by atoms with Gasteiger partial charge >= 0.3 is 0 Å². The van der Waals surface area contributed by atoms with E-state index in [0.717, 1.165) is 54.8 Å². The monoisotopic (exact) mass is 365 g/mol. The molecule has 0 aliphatic heterocycles. The SMILES string of the molecule is Cc1ccc(OCCCn2c(CCCNC=O)nc3ccccc32)c(C)c1. The maximum atomic E-state index is 10.4. The summed E-state index contributed by atoms with van der Waals surface area (Å²) in [6.07, 6.45) is 3.37. The predicted octanol–water partition coefficient (Wildman–Crippen LogP) is 3.80. The van der Waals surface area contributed by atoms with Crippen LogP contribution in [0.3, 0.4) is 0 Å². The number of imidazole rings is 1. The second-order valence-corrected chi connectivity index (χ2v) is 6.81. The van der Waals surface area contributed by atoms with Gasteiger partial charge in [-0.2, -0.15) is 0 Å². The molecule has 5 heteroatoms. The summed E-state index contributed by atoms with van der Waals surface area (Å²) < 4.78 is 8.25. The molecular formula is C22H27N3O2. The summed E-state index contributed by atoms with van der Waals surface area (Å²) in [5, 5.41) is 2.71. The second-order valence-electron chi connectivity index (χ2n) is 6.81. The Balaban J connectivity index is 1.63. The molecule has 2 aromatic carbocycles. The Morgan fingerprint density at radius 2 is 2.00 bits per heavy atom. The minimum absolute atomic E-state index is 0.669. The van der Waals surface area contributed by atoms with Gasteiger partial charge in [-0.3, -0.25) is 4.79 Å². The van der Waals surface area contributed by atoms with Crippen LogP contribution < -0.4 is 10.1 Å². The van der Waals surface area contributed by atoms with E-state index in [0.29, 0.717) is 13.2 Å². The highest BCUT2D eigenvalue weighted by atomic mass is 16.5. The average molecular weight is 365 g/mol. The fraction of sp³-hybridized carbons (Fsp3) is 0.364.